The Bertz CT molecular complexity index is 575. The molecule has 0 atom stereocenters. The van der Waals surface area contributed by atoms with Gasteiger partial charge in [0.25, 0.3) is 0 Å². The highest BCUT2D eigenvalue weighted by Crippen LogP contribution is 2.35. The standard InChI is InChI=1S/C21H32FN3O/c1-2-23-20(25-19-6-4-3-5-7-19)24-16-21(12-14-26-15-13-21)17-8-10-18(22)11-9-17/h8-11,19H,2-7,12-16H2,1H3,(H2,23,24,25). The van der Waals surface area contributed by atoms with Crippen molar-refractivity contribution in [2.24, 2.45) is 4.99 Å². The summed E-state index contributed by atoms with van der Waals surface area (Å²) in [6, 6.07) is 7.47. The van der Waals surface area contributed by atoms with Crippen molar-refractivity contribution < 1.29 is 9.13 Å². The van der Waals surface area contributed by atoms with Crippen molar-refractivity contribution in [1.82, 2.24) is 10.6 Å². The van der Waals surface area contributed by atoms with E-state index in [1.807, 2.05) is 12.1 Å². The Morgan fingerprint density at radius 2 is 1.85 bits per heavy atom. The minimum atomic E-state index is -0.188. The van der Waals surface area contributed by atoms with Gasteiger partial charge in [-0.15, -0.1) is 0 Å². The molecule has 0 bridgehead atoms. The van der Waals surface area contributed by atoms with Gasteiger partial charge < -0.3 is 15.4 Å². The maximum atomic E-state index is 13.4. The van der Waals surface area contributed by atoms with Gasteiger partial charge >= 0.3 is 0 Å². The van der Waals surface area contributed by atoms with Gasteiger partial charge in [-0.2, -0.15) is 0 Å². The first-order valence-electron chi connectivity index (χ1n) is 10.1. The van der Waals surface area contributed by atoms with Gasteiger partial charge in [0.15, 0.2) is 5.96 Å². The summed E-state index contributed by atoms with van der Waals surface area (Å²) in [6.07, 6.45) is 8.24. The highest BCUT2D eigenvalue weighted by molar-refractivity contribution is 5.80. The van der Waals surface area contributed by atoms with Crippen LogP contribution in [0.3, 0.4) is 0 Å². The Balaban J connectivity index is 1.75. The molecule has 1 aliphatic carbocycles. The van der Waals surface area contributed by atoms with Crippen LogP contribution >= 0.6 is 0 Å². The van der Waals surface area contributed by atoms with Crippen LogP contribution in [0, 0.1) is 5.82 Å². The van der Waals surface area contributed by atoms with Crippen LogP contribution < -0.4 is 10.6 Å². The zero-order chi connectivity index (χ0) is 18.2. The quantitative estimate of drug-likeness (QED) is 0.620. The second-order valence-corrected chi connectivity index (χ2v) is 7.57. The van der Waals surface area contributed by atoms with E-state index >= 15 is 0 Å². The molecule has 0 amide bonds. The molecule has 0 spiro atoms. The summed E-state index contributed by atoms with van der Waals surface area (Å²) in [6.45, 7) is 5.12. The Labute approximate surface area is 156 Å². The number of nitrogens with one attached hydrogen (secondary N) is 2. The monoisotopic (exact) mass is 361 g/mol. The lowest BCUT2D eigenvalue weighted by atomic mass is 9.74. The van der Waals surface area contributed by atoms with Crippen LogP contribution in [0.2, 0.25) is 0 Å². The number of hydrogen-bond donors (Lipinski definition) is 2. The van der Waals surface area contributed by atoms with Gasteiger partial charge in [0.05, 0.1) is 6.54 Å². The Kier molecular flexibility index (Phi) is 6.89. The molecule has 2 N–H and O–H groups in total. The van der Waals surface area contributed by atoms with Crippen molar-refractivity contribution in [1.29, 1.82) is 0 Å². The molecular formula is C21H32FN3O. The minimum absolute atomic E-state index is 0.0686. The third-order valence-electron chi connectivity index (χ3n) is 5.74. The molecule has 1 aromatic rings. The highest BCUT2D eigenvalue weighted by Gasteiger charge is 2.34. The first-order valence-corrected chi connectivity index (χ1v) is 10.1. The zero-order valence-corrected chi connectivity index (χ0v) is 15.9. The van der Waals surface area contributed by atoms with Crippen molar-refractivity contribution in [3.05, 3.63) is 35.6 Å². The van der Waals surface area contributed by atoms with E-state index in [-0.39, 0.29) is 11.2 Å². The molecule has 5 heteroatoms. The SMILES string of the molecule is CCNC(=NCC1(c2ccc(F)cc2)CCOCC1)NC1CCCCC1. The second kappa shape index (κ2) is 9.36. The fourth-order valence-corrected chi connectivity index (χ4v) is 4.09. The topological polar surface area (TPSA) is 45.7 Å². The smallest absolute Gasteiger partial charge is 0.191 e. The third kappa shape index (κ3) is 4.97. The van der Waals surface area contributed by atoms with Gasteiger partial charge in [-0.05, 0) is 50.3 Å². The molecule has 1 heterocycles. The van der Waals surface area contributed by atoms with Crippen LogP contribution in [0.4, 0.5) is 4.39 Å². The van der Waals surface area contributed by atoms with Crippen molar-refractivity contribution in [2.75, 3.05) is 26.3 Å². The maximum absolute atomic E-state index is 13.4. The Morgan fingerprint density at radius 1 is 1.15 bits per heavy atom. The molecule has 1 saturated heterocycles. The van der Waals surface area contributed by atoms with E-state index in [0.29, 0.717) is 12.6 Å². The summed E-state index contributed by atoms with van der Waals surface area (Å²) in [5.41, 5.74) is 1.10. The van der Waals surface area contributed by atoms with Crippen LogP contribution in [-0.4, -0.2) is 38.3 Å². The van der Waals surface area contributed by atoms with Gasteiger partial charge in [0.1, 0.15) is 5.82 Å². The van der Waals surface area contributed by atoms with E-state index in [1.165, 1.54) is 37.7 Å². The molecule has 144 valence electrons. The van der Waals surface area contributed by atoms with Gasteiger partial charge in [-0.25, -0.2) is 4.39 Å². The fraction of sp³-hybridized carbons (Fsp3) is 0.667. The average molecular weight is 362 g/mol. The van der Waals surface area contributed by atoms with Gasteiger partial charge in [-0.1, -0.05) is 31.4 Å². The van der Waals surface area contributed by atoms with Crippen LogP contribution in [0.25, 0.3) is 0 Å². The van der Waals surface area contributed by atoms with Crippen LogP contribution in [0.15, 0.2) is 29.3 Å². The number of halogens is 1. The first kappa shape index (κ1) is 19.2. The molecule has 1 aromatic carbocycles. The first-order chi connectivity index (χ1) is 12.7. The van der Waals surface area contributed by atoms with Crippen LogP contribution in [-0.2, 0) is 10.2 Å². The van der Waals surface area contributed by atoms with Crippen molar-refractivity contribution in [2.45, 2.75) is 63.3 Å². The predicted octanol–water partition coefficient (Wildman–Crippen LogP) is 3.76. The molecule has 2 fully saturated rings. The largest absolute Gasteiger partial charge is 0.381 e. The fourth-order valence-electron chi connectivity index (χ4n) is 4.09. The molecule has 0 radical (unpaired) electrons. The summed E-state index contributed by atoms with van der Waals surface area (Å²) in [4.78, 5) is 4.95. The van der Waals surface area contributed by atoms with E-state index in [2.05, 4.69) is 17.6 Å². The van der Waals surface area contributed by atoms with E-state index in [0.717, 1.165) is 38.6 Å². The molecule has 2 aliphatic rings. The molecule has 1 saturated carbocycles. The number of nitrogens with zero attached hydrogens (tertiary/aromatic N) is 1. The molecule has 0 unspecified atom stereocenters. The maximum Gasteiger partial charge on any atom is 0.191 e. The van der Waals surface area contributed by atoms with E-state index in [9.17, 15) is 4.39 Å². The Morgan fingerprint density at radius 3 is 2.50 bits per heavy atom. The second-order valence-electron chi connectivity index (χ2n) is 7.57. The van der Waals surface area contributed by atoms with Crippen molar-refractivity contribution in [3.63, 3.8) is 0 Å². The predicted molar refractivity (Wildman–Crippen MR) is 104 cm³/mol. The molecule has 3 rings (SSSR count). The summed E-state index contributed by atoms with van der Waals surface area (Å²) < 4.78 is 19.0. The van der Waals surface area contributed by atoms with E-state index in [1.54, 1.807) is 12.1 Å². The van der Waals surface area contributed by atoms with E-state index in [4.69, 9.17) is 9.73 Å². The number of benzene rings is 1. The van der Waals surface area contributed by atoms with Crippen molar-refractivity contribution >= 4 is 5.96 Å². The lowest BCUT2D eigenvalue weighted by Gasteiger charge is -2.37. The number of hydrogen-bond acceptors (Lipinski definition) is 2. The van der Waals surface area contributed by atoms with Gasteiger partial charge in [0, 0.05) is 31.2 Å². The average Bonchev–Trinajstić information content (AvgIpc) is 2.68. The molecule has 4 nitrogen and oxygen atoms in total. The number of aliphatic imine (C=N–C) groups is 1. The Hall–Kier alpha value is -1.62. The van der Waals surface area contributed by atoms with Crippen molar-refractivity contribution in [3.8, 4) is 0 Å². The van der Waals surface area contributed by atoms with E-state index < -0.39 is 0 Å². The van der Waals surface area contributed by atoms with Gasteiger partial charge in [0.2, 0.25) is 0 Å². The minimum Gasteiger partial charge on any atom is -0.381 e. The zero-order valence-electron chi connectivity index (χ0n) is 15.9. The number of ether oxygens (including phenoxy) is 1. The third-order valence-corrected chi connectivity index (χ3v) is 5.74. The molecule has 0 aromatic heterocycles. The van der Waals surface area contributed by atoms with Gasteiger partial charge in [-0.3, -0.25) is 4.99 Å². The molecular weight excluding hydrogens is 329 g/mol. The summed E-state index contributed by atoms with van der Waals surface area (Å²) >= 11 is 0. The summed E-state index contributed by atoms with van der Waals surface area (Å²) in [5.74, 6) is 0.721. The lowest BCUT2D eigenvalue weighted by Crippen LogP contribution is -2.45. The summed E-state index contributed by atoms with van der Waals surface area (Å²) in [7, 11) is 0. The number of rotatable bonds is 5. The number of guanidine groups is 1. The normalized spacial score (nSPS) is 21.4. The van der Waals surface area contributed by atoms with Crippen LogP contribution in [0.5, 0.6) is 0 Å². The highest BCUT2D eigenvalue weighted by atomic mass is 19.1. The summed E-state index contributed by atoms with van der Waals surface area (Å²) in [5, 5.41) is 7.02. The lowest BCUT2D eigenvalue weighted by molar-refractivity contribution is 0.0530. The molecule has 1 aliphatic heterocycles. The van der Waals surface area contributed by atoms with Crippen LogP contribution in [0.1, 0.15) is 57.4 Å². The molecule has 26 heavy (non-hydrogen) atoms.